The summed E-state index contributed by atoms with van der Waals surface area (Å²) in [6.07, 6.45) is 0. The van der Waals surface area contributed by atoms with Crippen molar-refractivity contribution in [3.8, 4) is 0 Å². The van der Waals surface area contributed by atoms with E-state index in [4.69, 9.17) is 10.1 Å². The third-order valence-corrected chi connectivity index (χ3v) is 10.0. The second-order valence-corrected chi connectivity index (χ2v) is 12.3. The van der Waals surface area contributed by atoms with Crippen LogP contribution in [-0.2, 0) is 24.7 Å². The molecule has 0 aliphatic carbocycles. The van der Waals surface area contributed by atoms with Gasteiger partial charge in [-0.2, -0.15) is 0 Å². The molecule has 2 nitrogen and oxygen atoms in total. The maximum atomic E-state index is 7.12. The van der Waals surface area contributed by atoms with Crippen molar-refractivity contribution >= 4 is 14.8 Å². The van der Waals surface area contributed by atoms with Crippen LogP contribution in [0.1, 0.15) is 33.4 Å². The maximum absolute atomic E-state index is 7.12. The van der Waals surface area contributed by atoms with Gasteiger partial charge in [-0.05, 0) is 0 Å². The number of benzene rings is 6. The van der Waals surface area contributed by atoms with Crippen molar-refractivity contribution in [2.75, 3.05) is 13.1 Å². The van der Waals surface area contributed by atoms with Gasteiger partial charge in [0.05, 0.1) is 0 Å². The summed E-state index contributed by atoms with van der Waals surface area (Å²) in [5.74, 6) is 0. The average Bonchev–Trinajstić information content (AvgIpc) is 3.56. The molecule has 1 heterocycles. The van der Waals surface area contributed by atoms with Crippen LogP contribution in [0.15, 0.2) is 182 Å². The molecule has 4 heteroatoms. The third kappa shape index (κ3) is 5.02. The zero-order valence-electron chi connectivity index (χ0n) is 24.8. The van der Waals surface area contributed by atoms with E-state index in [2.05, 4.69) is 192 Å². The van der Waals surface area contributed by atoms with E-state index in [1.54, 1.807) is 0 Å². The molecule has 6 aromatic rings. The molecule has 7 rings (SSSR count). The van der Waals surface area contributed by atoms with Crippen LogP contribution in [0, 0.1) is 0 Å². The molecule has 0 radical (unpaired) electrons. The molecule has 45 heavy (non-hydrogen) atoms. The molecule has 0 aromatic heterocycles. The Balaban J connectivity index is 1.53. The summed E-state index contributed by atoms with van der Waals surface area (Å²) in [5.41, 5.74) is 5.87. The summed E-state index contributed by atoms with van der Waals surface area (Å²) in [7, 11) is 7.12. The Kier molecular flexibility index (Phi) is 8.63. The van der Waals surface area contributed by atoms with E-state index in [1.165, 1.54) is 47.0 Å². The predicted octanol–water partition coefficient (Wildman–Crippen LogP) is 8.91. The van der Waals surface area contributed by atoms with E-state index in [0.717, 1.165) is 17.8 Å². The van der Waals surface area contributed by atoms with Gasteiger partial charge < -0.3 is 0 Å². The predicted molar refractivity (Wildman–Crippen MR) is 183 cm³/mol. The van der Waals surface area contributed by atoms with E-state index in [0.29, 0.717) is 0 Å². The average molecular weight is 654 g/mol. The molecule has 226 valence electrons. The SMILES string of the molecule is [Cl][Cu]=[C]1N(C(c2ccccc2)(c2ccccc2)c2ccccc2)CCN1C(c1ccccc1)(c1ccccc1)c1ccccc1. The molecule has 0 N–H and O–H groups in total. The van der Waals surface area contributed by atoms with Crippen LogP contribution in [0.5, 0.6) is 0 Å². The number of nitrogens with zero attached hydrogens (tertiary/aromatic N) is 2. The van der Waals surface area contributed by atoms with Gasteiger partial charge in [-0.15, -0.1) is 0 Å². The van der Waals surface area contributed by atoms with Crippen LogP contribution in [0.2, 0.25) is 0 Å². The van der Waals surface area contributed by atoms with Gasteiger partial charge in [-0.25, -0.2) is 0 Å². The van der Waals surface area contributed by atoms with Gasteiger partial charge in [-0.3, -0.25) is 0 Å². The molecule has 0 amide bonds. The summed E-state index contributed by atoms with van der Waals surface area (Å²) in [6.45, 7) is 1.53. The first-order valence-corrected chi connectivity index (χ1v) is 17.0. The Morgan fingerprint density at radius 2 is 0.556 bits per heavy atom. The van der Waals surface area contributed by atoms with Crippen molar-refractivity contribution in [3.63, 3.8) is 0 Å². The Labute approximate surface area is 276 Å². The Morgan fingerprint density at radius 3 is 0.733 bits per heavy atom. The van der Waals surface area contributed by atoms with Crippen molar-refractivity contribution in [3.05, 3.63) is 215 Å². The molecule has 0 spiro atoms. The monoisotopic (exact) mass is 652 g/mol. The number of hydrogen-bond donors (Lipinski definition) is 0. The fourth-order valence-electron chi connectivity index (χ4n) is 7.17. The van der Waals surface area contributed by atoms with Crippen LogP contribution in [0.25, 0.3) is 0 Å². The van der Waals surface area contributed by atoms with Crippen molar-refractivity contribution in [1.82, 2.24) is 9.80 Å². The molecule has 0 atom stereocenters. The molecule has 6 aromatic carbocycles. The fraction of sp³-hybridized carbons (Fsp3) is 0.0976. The molecule has 0 bridgehead atoms. The van der Waals surface area contributed by atoms with Crippen LogP contribution in [0.3, 0.4) is 0 Å². The molecular weight excluding hydrogens is 619 g/mol. The number of rotatable bonds is 8. The minimum absolute atomic E-state index is 0.636. The van der Waals surface area contributed by atoms with E-state index >= 15 is 0 Å². The molecular formula is C41H34ClCuN2. The zero-order valence-corrected chi connectivity index (χ0v) is 26.5. The molecule has 1 aliphatic rings. The normalized spacial score (nSPS) is 14.6. The summed E-state index contributed by atoms with van der Waals surface area (Å²) in [6, 6.07) is 65.1. The van der Waals surface area contributed by atoms with Crippen LogP contribution in [-0.4, -0.2) is 27.6 Å². The summed E-state index contributed by atoms with van der Waals surface area (Å²) in [5, 5.41) is 0. The van der Waals surface area contributed by atoms with Crippen molar-refractivity contribution in [2.24, 2.45) is 0 Å². The molecule has 1 fully saturated rings. The molecule has 1 aliphatic heterocycles. The second kappa shape index (κ2) is 13.1. The van der Waals surface area contributed by atoms with Gasteiger partial charge >= 0.3 is 278 Å². The first kappa shape index (κ1) is 29.6. The first-order valence-electron chi connectivity index (χ1n) is 15.3. The van der Waals surface area contributed by atoms with E-state index in [-0.39, 0.29) is 0 Å². The van der Waals surface area contributed by atoms with E-state index < -0.39 is 11.1 Å². The molecule has 1 saturated heterocycles. The van der Waals surface area contributed by atoms with Gasteiger partial charge in [0.1, 0.15) is 0 Å². The Morgan fingerprint density at radius 1 is 0.356 bits per heavy atom. The molecule has 0 saturated carbocycles. The molecule has 0 unspecified atom stereocenters. The second-order valence-electron chi connectivity index (χ2n) is 11.2. The van der Waals surface area contributed by atoms with Crippen LogP contribution >= 0.6 is 10.1 Å². The number of halogens is 1. The minimum atomic E-state index is -0.636. The van der Waals surface area contributed by atoms with Gasteiger partial charge in [0, 0.05) is 0 Å². The summed E-state index contributed by atoms with van der Waals surface area (Å²) >= 11 is 1.43. The van der Waals surface area contributed by atoms with Crippen molar-refractivity contribution in [1.29, 1.82) is 0 Å². The summed E-state index contributed by atoms with van der Waals surface area (Å²) < 4.78 is 0.994. The first-order chi connectivity index (χ1) is 22.3. The topological polar surface area (TPSA) is 6.48 Å². The van der Waals surface area contributed by atoms with Crippen molar-refractivity contribution in [2.45, 2.75) is 11.1 Å². The van der Waals surface area contributed by atoms with Gasteiger partial charge in [0.2, 0.25) is 0 Å². The van der Waals surface area contributed by atoms with Crippen molar-refractivity contribution < 1.29 is 13.6 Å². The van der Waals surface area contributed by atoms with Gasteiger partial charge in [0.25, 0.3) is 0 Å². The number of hydrogen-bond acceptors (Lipinski definition) is 2. The summed E-state index contributed by atoms with van der Waals surface area (Å²) in [4.78, 5) is 5.06. The Bertz CT molecular complexity index is 1520. The van der Waals surface area contributed by atoms with Crippen LogP contribution in [0.4, 0.5) is 0 Å². The Hall–Kier alpha value is -4.08. The van der Waals surface area contributed by atoms with Gasteiger partial charge in [-0.1, -0.05) is 0 Å². The third-order valence-electron chi connectivity index (χ3n) is 8.96. The van der Waals surface area contributed by atoms with E-state index in [9.17, 15) is 0 Å². The van der Waals surface area contributed by atoms with E-state index in [1.807, 2.05) is 0 Å². The zero-order chi connectivity index (χ0) is 30.5. The van der Waals surface area contributed by atoms with Crippen LogP contribution < -0.4 is 0 Å². The fourth-order valence-corrected chi connectivity index (χ4v) is 8.40. The standard InChI is InChI=1S/C41H34N2.ClH.Cu/c1-7-19-34(20-8-1)40(35-21-9-2-10-22-35,36-23-11-3-12-24-36)42-31-32-43(33-42)41(37-25-13-4-14-26-37,38-27-15-5-16-28-38)39-29-17-6-18-30-39;;/h1-30H,31-32H2;1H;/q;;+1/p-1. The quantitative estimate of drug-likeness (QED) is 0.120. The van der Waals surface area contributed by atoms with Gasteiger partial charge in [0.15, 0.2) is 0 Å².